The van der Waals surface area contributed by atoms with Crippen LogP contribution in [0.3, 0.4) is 0 Å². The van der Waals surface area contributed by atoms with Crippen LogP contribution in [0, 0.1) is 6.92 Å². The van der Waals surface area contributed by atoms with Crippen molar-refractivity contribution >= 4 is 35.6 Å². The highest BCUT2D eigenvalue weighted by Gasteiger charge is 2.27. The van der Waals surface area contributed by atoms with Gasteiger partial charge in [0.05, 0.1) is 13.2 Å². The number of hydrogen-bond donors (Lipinski definition) is 2. The normalized spacial score (nSPS) is 11.8. The van der Waals surface area contributed by atoms with Crippen molar-refractivity contribution in [2.24, 2.45) is 10.7 Å². The number of nitrogens with two attached hydrogens (primary N) is 1. The lowest BCUT2D eigenvalue weighted by Crippen LogP contribution is -2.22. The topological polar surface area (TPSA) is 59.6 Å². The molecule has 2 rings (SSSR count). The fourth-order valence-electron chi connectivity index (χ4n) is 2.11. The number of benzene rings is 2. The first kappa shape index (κ1) is 22.2. The quantitative estimate of drug-likeness (QED) is 0.361. The fraction of sp³-hybridized carbons (Fsp3) is 0.278. The number of nitrogens with zero attached hydrogens (tertiary/aromatic N) is 1. The highest BCUT2D eigenvalue weighted by molar-refractivity contribution is 14.0. The average molecular weight is 479 g/mol. The third-order valence-electron chi connectivity index (χ3n) is 3.28. The van der Waals surface area contributed by atoms with Gasteiger partial charge in [-0.1, -0.05) is 36.4 Å². The molecule has 2 aromatic rings. The van der Waals surface area contributed by atoms with Gasteiger partial charge in [0.25, 0.3) is 0 Å². The Labute approximate surface area is 167 Å². The van der Waals surface area contributed by atoms with Crippen LogP contribution in [-0.2, 0) is 17.9 Å². The minimum Gasteiger partial charge on any atom is -0.370 e. The van der Waals surface area contributed by atoms with Crippen LogP contribution in [0.4, 0.5) is 18.9 Å². The summed E-state index contributed by atoms with van der Waals surface area (Å²) < 4.78 is 40.7. The van der Waals surface area contributed by atoms with E-state index in [4.69, 9.17) is 5.73 Å². The van der Waals surface area contributed by atoms with Crippen LogP contribution in [0.25, 0.3) is 0 Å². The predicted molar refractivity (Wildman–Crippen MR) is 108 cm³/mol. The van der Waals surface area contributed by atoms with Gasteiger partial charge in [-0.25, -0.2) is 4.99 Å². The van der Waals surface area contributed by atoms with Crippen LogP contribution >= 0.6 is 24.0 Å². The van der Waals surface area contributed by atoms with E-state index in [1.165, 1.54) is 0 Å². The summed E-state index contributed by atoms with van der Waals surface area (Å²) in [6, 6.07) is 14.8. The van der Waals surface area contributed by atoms with Gasteiger partial charge < -0.3 is 15.8 Å². The predicted octanol–water partition coefficient (Wildman–Crippen LogP) is 4.62. The third-order valence-corrected chi connectivity index (χ3v) is 3.28. The Balaban J connectivity index is 0.00000338. The standard InChI is InChI=1S/C18H20F3N3O.HI/c1-13-3-2-4-16(9-13)24-17(22)23-10-14-5-7-15(8-6-14)11-25-12-18(19,20)21;/h2-9H,10-12H2,1H3,(H3,22,23,24);1H. The van der Waals surface area contributed by atoms with E-state index < -0.39 is 12.8 Å². The number of hydrogen-bond acceptors (Lipinski definition) is 2. The van der Waals surface area contributed by atoms with E-state index >= 15 is 0 Å². The molecule has 3 N–H and O–H groups in total. The molecule has 0 fully saturated rings. The van der Waals surface area contributed by atoms with Crippen molar-refractivity contribution < 1.29 is 17.9 Å². The lowest BCUT2D eigenvalue weighted by atomic mass is 10.1. The Morgan fingerprint density at radius 2 is 1.77 bits per heavy atom. The van der Waals surface area contributed by atoms with E-state index in [0.29, 0.717) is 18.1 Å². The molecule has 0 radical (unpaired) electrons. The molecule has 0 aliphatic rings. The number of anilines is 1. The molecule has 2 aromatic carbocycles. The first-order valence-corrected chi connectivity index (χ1v) is 7.68. The van der Waals surface area contributed by atoms with E-state index in [9.17, 15) is 13.2 Å². The van der Waals surface area contributed by atoms with Crippen molar-refractivity contribution in [1.82, 2.24) is 0 Å². The van der Waals surface area contributed by atoms with Gasteiger partial charge in [-0.15, -0.1) is 24.0 Å². The number of halogens is 4. The van der Waals surface area contributed by atoms with Gasteiger partial charge in [0.2, 0.25) is 0 Å². The minimum atomic E-state index is -4.31. The number of aliphatic imine (C=N–C) groups is 1. The zero-order chi connectivity index (χ0) is 18.3. The molecule has 26 heavy (non-hydrogen) atoms. The molecule has 0 spiro atoms. The Bertz CT molecular complexity index is 718. The summed E-state index contributed by atoms with van der Waals surface area (Å²) in [6.07, 6.45) is -4.31. The van der Waals surface area contributed by atoms with E-state index in [1.54, 1.807) is 24.3 Å². The number of aryl methyl sites for hydroxylation is 1. The molecule has 0 aliphatic heterocycles. The molecule has 142 valence electrons. The number of guanidine groups is 1. The van der Waals surface area contributed by atoms with Crippen molar-refractivity contribution in [3.63, 3.8) is 0 Å². The Hall–Kier alpha value is -1.81. The van der Waals surface area contributed by atoms with E-state index in [1.807, 2.05) is 31.2 Å². The Morgan fingerprint density at radius 1 is 1.12 bits per heavy atom. The Kier molecular flexibility index (Phi) is 8.86. The van der Waals surface area contributed by atoms with Gasteiger partial charge in [-0.2, -0.15) is 13.2 Å². The highest BCUT2D eigenvalue weighted by atomic mass is 127. The van der Waals surface area contributed by atoms with Crippen LogP contribution in [0.15, 0.2) is 53.5 Å². The summed E-state index contributed by atoms with van der Waals surface area (Å²) in [5.74, 6) is 0.295. The fourth-order valence-corrected chi connectivity index (χ4v) is 2.11. The van der Waals surface area contributed by atoms with Crippen LogP contribution in [-0.4, -0.2) is 18.7 Å². The maximum atomic E-state index is 12.0. The SMILES string of the molecule is Cc1cccc(NC(N)=NCc2ccc(COCC(F)(F)F)cc2)c1.I. The van der Waals surface area contributed by atoms with Crippen LogP contribution in [0.2, 0.25) is 0 Å². The molecule has 0 aromatic heterocycles. The van der Waals surface area contributed by atoms with E-state index in [0.717, 1.165) is 16.8 Å². The van der Waals surface area contributed by atoms with Crippen molar-refractivity contribution in [2.45, 2.75) is 26.3 Å². The molecular weight excluding hydrogens is 458 g/mol. The van der Waals surface area contributed by atoms with Crippen molar-refractivity contribution in [3.8, 4) is 0 Å². The van der Waals surface area contributed by atoms with Crippen LogP contribution < -0.4 is 11.1 Å². The molecule has 0 saturated heterocycles. The summed E-state index contributed by atoms with van der Waals surface area (Å²) in [6.45, 7) is 1.02. The van der Waals surface area contributed by atoms with Gasteiger partial charge in [-0.05, 0) is 35.7 Å². The summed E-state index contributed by atoms with van der Waals surface area (Å²) in [4.78, 5) is 4.25. The maximum Gasteiger partial charge on any atom is 0.411 e. The lowest BCUT2D eigenvalue weighted by Gasteiger charge is -2.08. The summed E-state index contributed by atoms with van der Waals surface area (Å²) in [5.41, 5.74) is 9.39. The minimum absolute atomic E-state index is 0. The van der Waals surface area contributed by atoms with Crippen LogP contribution in [0.5, 0.6) is 0 Å². The number of nitrogens with one attached hydrogen (secondary N) is 1. The van der Waals surface area contributed by atoms with Crippen LogP contribution in [0.1, 0.15) is 16.7 Å². The van der Waals surface area contributed by atoms with Gasteiger partial charge >= 0.3 is 6.18 Å². The monoisotopic (exact) mass is 479 g/mol. The summed E-state index contributed by atoms with van der Waals surface area (Å²) in [7, 11) is 0. The summed E-state index contributed by atoms with van der Waals surface area (Å²) in [5, 5.41) is 3.01. The molecular formula is C18H21F3IN3O. The summed E-state index contributed by atoms with van der Waals surface area (Å²) >= 11 is 0. The van der Waals surface area contributed by atoms with E-state index in [-0.39, 0.29) is 30.6 Å². The molecule has 8 heteroatoms. The molecule has 0 bridgehead atoms. The zero-order valence-electron chi connectivity index (χ0n) is 14.2. The second-order valence-electron chi connectivity index (χ2n) is 5.62. The lowest BCUT2D eigenvalue weighted by molar-refractivity contribution is -0.176. The molecule has 0 saturated carbocycles. The smallest absolute Gasteiger partial charge is 0.370 e. The Morgan fingerprint density at radius 3 is 2.38 bits per heavy atom. The van der Waals surface area contributed by atoms with Gasteiger partial charge in [-0.3, -0.25) is 0 Å². The molecule has 4 nitrogen and oxygen atoms in total. The molecule has 0 amide bonds. The largest absolute Gasteiger partial charge is 0.411 e. The molecule has 0 aliphatic carbocycles. The maximum absolute atomic E-state index is 12.0. The molecule has 0 heterocycles. The van der Waals surface area contributed by atoms with E-state index in [2.05, 4.69) is 15.0 Å². The van der Waals surface area contributed by atoms with Gasteiger partial charge in [0, 0.05) is 5.69 Å². The highest BCUT2D eigenvalue weighted by Crippen LogP contribution is 2.16. The second-order valence-corrected chi connectivity index (χ2v) is 5.62. The number of rotatable bonds is 6. The average Bonchev–Trinajstić information content (AvgIpc) is 2.53. The van der Waals surface area contributed by atoms with Crippen molar-refractivity contribution in [2.75, 3.05) is 11.9 Å². The molecule has 0 atom stereocenters. The van der Waals surface area contributed by atoms with Gasteiger partial charge in [0.15, 0.2) is 5.96 Å². The zero-order valence-corrected chi connectivity index (χ0v) is 16.5. The molecule has 0 unspecified atom stereocenters. The second kappa shape index (κ2) is 10.4. The number of alkyl halides is 3. The van der Waals surface area contributed by atoms with Crippen molar-refractivity contribution in [3.05, 3.63) is 65.2 Å². The van der Waals surface area contributed by atoms with Crippen molar-refractivity contribution in [1.29, 1.82) is 0 Å². The third kappa shape index (κ3) is 8.52. The first-order chi connectivity index (χ1) is 11.8. The first-order valence-electron chi connectivity index (χ1n) is 7.68. The van der Waals surface area contributed by atoms with Gasteiger partial charge in [0.1, 0.15) is 6.61 Å². The number of ether oxygens (including phenoxy) is 1.